The van der Waals surface area contributed by atoms with Crippen LogP contribution in [0.5, 0.6) is 0 Å². The number of anilines is 2. The number of benzene rings is 2. The van der Waals surface area contributed by atoms with Crippen molar-refractivity contribution in [3.8, 4) is 0 Å². The number of piperazine rings is 1. The summed E-state index contributed by atoms with van der Waals surface area (Å²) < 4.78 is 0. The number of rotatable bonds is 1. The van der Waals surface area contributed by atoms with Crippen molar-refractivity contribution < 1.29 is 0 Å². The topological polar surface area (TPSA) is 30.9 Å². The Balaban J connectivity index is 1.36. The Labute approximate surface area is 159 Å². The van der Waals surface area contributed by atoms with Crippen molar-refractivity contribution in [1.29, 1.82) is 0 Å². The van der Waals surface area contributed by atoms with Gasteiger partial charge in [-0.15, -0.1) is 0 Å². The highest BCUT2D eigenvalue weighted by Gasteiger charge is 2.31. The van der Waals surface area contributed by atoms with Crippen molar-refractivity contribution in [2.24, 2.45) is 4.99 Å². The summed E-state index contributed by atoms with van der Waals surface area (Å²) in [5, 5.41) is 4.37. The second-order valence-corrected chi connectivity index (χ2v) is 7.70. The fraction of sp³-hybridized carbons (Fsp3) is 0.381. The van der Waals surface area contributed by atoms with Gasteiger partial charge in [-0.3, -0.25) is 0 Å². The highest BCUT2D eigenvalue weighted by atomic mass is 35.5. The standard InChI is InChI=1S/C21H23ClN4/c22-17-10-9-15-5-4-8-18-19(15)20(17)24-21(23-18)26-13-11-25(12-14-26)16-6-2-1-3-7-16/h1-3,6-7,9-10,18H,4-5,8,11-14H2,(H,23,24). The molecule has 26 heavy (non-hydrogen) atoms. The lowest BCUT2D eigenvalue weighted by Gasteiger charge is -2.40. The molecule has 2 aromatic carbocycles. The number of aliphatic imine (C=N–C) groups is 1. The van der Waals surface area contributed by atoms with Crippen molar-refractivity contribution in [3.05, 3.63) is 58.6 Å². The predicted molar refractivity (Wildman–Crippen MR) is 108 cm³/mol. The molecule has 0 saturated carbocycles. The normalized spacial score (nSPS) is 21.7. The van der Waals surface area contributed by atoms with E-state index in [2.05, 4.69) is 51.5 Å². The average molecular weight is 367 g/mol. The SMILES string of the molecule is Clc1ccc2c3c1NC(N1CCN(c4ccccc4)CC1)=NC3CCC2. The molecule has 5 heteroatoms. The molecule has 0 bridgehead atoms. The second kappa shape index (κ2) is 6.51. The van der Waals surface area contributed by atoms with Gasteiger partial charge in [-0.2, -0.15) is 0 Å². The van der Waals surface area contributed by atoms with Crippen molar-refractivity contribution in [3.63, 3.8) is 0 Å². The molecule has 1 atom stereocenters. The van der Waals surface area contributed by atoms with Gasteiger partial charge in [-0.25, -0.2) is 4.99 Å². The first-order valence-electron chi connectivity index (χ1n) is 9.50. The van der Waals surface area contributed by atoms with E-state index >= 15 is 0 Å². The highest BCUT2D eigenvalue weighted by Crippen LogP contribution is 2.43. The molecule has 1 unspecified atom stereocenters. The number of guanidine groups is 1. The lowest BCUT2D eigenvalue weighted by Crippen LogP contribution is -2.51. The average Bonchev–Trinajstić information content (AvgIpc) is 2.71. The Hall–Kier alpha value is -2.20. The van der Waals surface area contributed by atoms with Crippen molar-refractivity contribution in [2.75, 3.05) is 36.4 Å². The summed E-state index contributed by atoms with van der Waals surface area (Å²) in [6.07, 6.45) is 3.46. The fourth-order valence-corrected chi connectivity index (χ4v) is 4.60. The second-order valence-electron chi connectivity index (χ2n) is 7.29. The van der Waals surface area contributed by atoms with E-state index in [0.717, 1.165) is 55.7 Å². The number of hydrogen-bond acceptors (Lipinski definition) is 4. The van der Waals surface area contributed by atoms with E-state index in [1.54, 1.807) is 0 Å². The molecule has 2 aliphatic heterocycles. The maximum absolute atomic E-state index is 6.52. The number of aryl methyl sites for hydroxylation is 1. The molecule has 0 aromatic heterocycles. The summed E-state index contributed by atoms with van der Waals surface area (Å²) in [5.74, 6) is 0.996. The van der Waals surface area contributed by atoms with Crippen molar-refractivity contribution >= 4 is 28.9 Å². The van der Waals surface area contributed by atoms with Gasteiger partial charge in [0.25, 0.3) is 0 Å². The Morgan fingerprint density at radius 3 is 2.54 bits per heavy atom. The number of nitrogens with zero attached hydrogens (tertiary/aromatic N) is 3. The largest absolute Gasteiger partial charge is 0.368 e. The zero-order valence-electron chi connectivity index (χ0n) is 14.8. The van der Waals surface area contributed by atoms with Gasteiger partial charge in [0.2, 0.25) is 0 Å². The van der Waals surface area contributed by atoms with Crippen LogP contribution in [0.25, 0.3) is 0 Å². The molecule has 1 saturated heterocycles. The summed E-state index contributed by atoms with van der Waals surface area (Å²) in [7, 11) is 0. The summed E-state index contributed by atoms with van der Waals surface area (Å²) in [6.45, 7) is 3.96. The van der Waals surface area contributed by atoms with Crippen LogP contribution in [0.15, 0.2) is 47.5 Å². The number of para-hydroxylation sites is 1. The van der Waals surface area contributed by atoms with Crippen molar-refractivity contribution in [2.45, 2.75) is 25.3 Å². The summed E-state index contributed by atoms with van der Waals surface area (Å²) >= 11 is 6.52. The molecule has 1 fully saturated rings. The minimum atomic E-state index is 0.260. The third-order valence-electron chi connectivity index (χ3n) is 5.76. The summed E-state index contributed by atoms with van der Waals surface area (Å²) in [6, 6.07) is 15.1. The zero-order valence-corrected chi connectivity index (χ0v) is 15.5. The van der Waals surface area contributed by atoms with Gasteiger partial charge in [-0.05, 0) is 43.0 Å². The van der Waals surface area contributed by atoms with E-state index in [1.165, 1.54) is 23.2 Å². The monoisotopic (exact) mass is 366 g/mol. The molecule has 1 N–H and O–H groups in total. The Bertz CT molecular complexity index is 841. The van der Waals surface area contributed by atoms with Crippen LogP contribution < -0.4 is 10.2 Å². The molecular formula is C21H23ClN4. The van der Waals surface area contributed by atoms with Crippen LogP contribution >= 0.6 is 11.6 Å². The quantitative estimate of drug-likeness (QED) is 0.815. The minimum Gasteiger partial charge on any atom is -0.368 e. The van der Waals surface area contributed by atoms with Crippen LogP contribution in [0.1, 0.15) is 30.0 Å². The van der Waals surface area contributed by atoms with Gasteiger partial charge < -0.3 is 15.1 Å². The number of halogens is 1. The lowest BCUT2D eigenvalue weighted by atomic mass is 9.86. The molecular weight excluding hydrogens is 344 g/mol. The van der Waals surface area contributed by atoms with Crippen LogP contribution in [-0.2, 0) is 6.42 Å². The maximum atomic E-state index is 6.52. The Morgan fingerprint density at radius 1 is 0.962 bits per heavy atom. The molecule has 2 heterocycles. The van der Waals surface area contributed by atoms with Gasteiger partial charge in [0.05, 0.1) is 16.8 Å². The maximum Gasteiger partial charge on any atom is 0.199 e. The van der Waals surface area contributed by atoms with E-state index in [4.69, 9.17) is 16.6 Å². The van der Waals surface area contributed by atoms with Gasteiger partial charge >= 0.3 is 0 Å². The van der Waals surface area contributed by atoms with Gasteiger partial charge in [0.15, 0.2) is 5.96 Å². The number of nitrogens with one attached hydrogen (secondary N) is 1. The minimum absolute atomic E-state index is 0.260. The van der Waals surface area contributed by atoms with Crippen LogP contribution in [0, 0.1) is 0 Å². The first-order chi connectivity index (χ1) is 12.8. The van der Waals surface area contributed by atoms with Crippen LogP contribution in [0.3, 0.4) is 0 Å². The molecule has 5 rings (SSSR count). The van der Waals surface area contributed by atoms with E-state index < -0.39 is 0 Å². The van der Waals surface area contributed by atoms with Crippen LogP contribution in [-0.4, -0.2) is 37.0 Å². The fourth-order valence-electron chi connectivity index (χ4n) is 4.39. The van der Waals surface area contributed by atoms with Crippen molar-refractivity contribution in [1.82, 2.24) is 4.90 Å². The molecule has 2 aromatic rings. The Morgan fingerprint density at radius 2 is 1.73 bits per heavy atom. The molecule has 1 aliphatic carbocycles. The highest BCUT2D eigenvalue weighted by molar-refractivity contribution is 6.34. The predicted octanol–water partition coefficient (Wildman–Crippen LogP) is 4.32. The van der Waals surface area contributed by atoms with Crippen LogP contribution in [0.2, 0.25) is 5.02 Å². The van der Waals surface area contributed by atoms with E-state index in [-0.39, 0.29) is 6.04 Å². The molecule has 0 amide bonds. The summed E-state index contributed by atoms with van der Waals surface area (Å²) in [4.78, 5) is 9.89. The van der Waals surface area contributed by atoms with Gasteiger partial charge in [0, 0.05) is 37.4 Å². The molecule has 0 spiro atoms. The molecule has 3 aliphatic rings. The molecule has 4 nitrogen and oxygen atoms in total. The smallest absolute Gasteiger partial charge is 0.199 e. The van der Waals surface area contributed by atoms with Gasteiger partial charge in [-0.1, -0.05) is 35.9 Å². The first-order valence-corrected chi connectivity index (χ1v) is 9.88. The van der Waals surface area contributed by atoms with E-state index in [1.807, 2.05) is 6.07 Å². The lowest BCUT2D eigenvalue weighted by molar-refractivity contribution is 0.379. The first kappa shape index (κ1) is 16.0. The Kier molecular flexibility index (Phi) is 4.01. The zero-order chi connectivity index (χ0) is 17.5. The molecule has 0 radical (unpaired) electrons. The third kappa shape index (κ3) is 2.73. The van der Waals surface area contributed by atoms with E-state index in [0.29, 0.717) is 0 Å². The van der Waals surface area contributed by atoms with E-state index in [9.17, 15) is 0 Å². The van der Waals surface area contributed by atoms with Crippen LogP contribution in [0.4, 0.5) is 11.4 Å². The molecule has 134 valence electrons. The summed E-state index contributed by atoms with van der Waals surface area (Å²) in [5.41, 5.74) is 5.13. The van der Waals surface area contributed by atoms with Gasteiger partial charge in [0.1, 0.15) is 0 Å². The third-order valence-corrected chi connectivity index (χ3v) is 6.07. The number of hydrogen-bond donors (Lipinski definition) is 1.